The summed E-state index contributed by atoms with van der Waals surface area (Å²) in [5.41, 5.74) is 4.29. The Morgan fingerprint density at radius 1 is 1.60 bits per heavy atom. The van der Waals surface area contributed by atoms with Gasteiger partial charge in [0.25, 0.3) is 0 Å². The lowest BCUT2D eigenvalue weighted by atomic mass is 9.85. The highest BCUT2D eigenvalue weighted by molar-refractivity contribution is 5.91. The third-order valence-corrected chi connectivity index (χ3v) is 4.12. The lowest BCUT2D eigenvalue weighted by Crippen LogP contribution is -2.49. The van der Waals surface area contributed by atoms with Crippen molar-refractivity contribution in [2.24, 2.45) is 16.6 Å². The van der Waals surface area contributed by atoms with Crippen molar-refractivity contribution in [3.8, 4) is 0 Å². The van der Waals surface area contributed by atoms with Crippen LogP contribution in [0.1, 0.15) is 20.8 Å². The number of aliphatic hydroxyl groups excluding tert-OH is 2. The van der Waals surface area contributed by atoms with Crippen molar-refractivity contribution in [2.45, 2.75) is 51.0 Å². The third-order valence-electron chi connectivity index (χ3n) is 4.12. The molecule has 0 aromatic carbocycles. The zero-order valence-electron chi connectivity index (χ0n) is 11.9. The number of halogens is 1. The van der Waals surface area contributed by atoms with Crippen LogP contribution >= 0.6 is 0 Å². The second-order valence-electron chi connectivity index (χ2n) is 5.61. The molecule has 0 saturated carbocycles. The lowest BCUT2D eigenvalue weighted by molar-refractivity contribution is -0.165. The maximum absolute atomic E-state index is 14.4. The Kier molecular flexibility index (Phi) is 4.04. The average Bonchev–Trinajstić information content (AvgIpc) is 2.64. The summed E-state index contributed by atoms with van der Waals surface area (Å²) >= 11 is 0. The summed E-state index contributed by atoms with van der Waals surface area (Å²) in [6.45, 7) is 4.87. The molecule has 0 spiro atoms. The van der Waals surface area contributed by atoms with Gasteiger partial charge >= 0.3 is 0 Å². The number of nitrogens with two attached hydrogens (primary N) is 1. The van der Waals surface area contributed by atoms with E-state index < -0.39 is 36.9 Å². The molecule has 0 bridgehead atoms. The fraction of sp³-hybridized carbons (Fsp3) is 0.769. The van der Waals surface area contributed by atoms with Crippen LogP contribution in [0.15, 0.2) is 17.3 Å². The maximum Gasteiger partial charge on any atom is 0.173 e. The number of amidine groups is 1. The van der Waals surface area contributed by atoms with Crippen LogP contribution in [0, 0.1) is 5.92 Å². The number of alkyl halides is 1. The molecule has 0 amide bonds. The van der Waals surface area contributed by atoms with Crippen molar-refractivity contribution in [2.75, 3.05) is 6.61 Å². The van der Waals surface area contributed by atoms with E-state index >= 15 is 0 Å². The number of ether oxygens (including phenoxy) is 1. The molecule has 0 aromatic heterocycles. The number of hydrogen-bond acceptors (Lipinski definition) is 6. The van der Waals surface area contributed by atoms with Gasteiger partial charge in [0, 0.05) is 6.20 Å². The van der Waals surface area contributed by atoms with Crippen molar-refractivity contribution in [3.05, 3.63) is 12.3 Å². The fourth-order valence-electron chi connectivity index (χ4n) is 2.71. The molecule has 0 aliphatic carbocycles. The van der Waals surface area contributed by atoms with E-state index in [-0.39, 0.29) is 5.92 Å². The smallest absolute Gasteiger partial charge is 0.173 e. The first-order valence-corrected chi connectivity index (χ1v) is 6.73. The number of rotatable bonds is 3. The molecular formula is C13H22FN3O3. The summed E-state index contributed by atoms with van der Waals surface area (Å²) in [4.78, 5) is 5.69. The van der Waals surface area contributed by atoms with Gasteiger partial charge in [-0.25, -0.2) is 9.38 Å². The molecular weight excluding hydrogens is 265 g/mol. The first-order valence-electron chi connectivity index (χ1n) is 6.73. The van der Waals surface area contributed by atoms with Crippen LogP contribution in [-0.2, 0) is 4.74 Å². The minimum Gasteiger partial charge on any atom is -0.393 e. The molecule has 5 atom stereocenters. The largest absolute Gasteiger partial charge is 0.393 e. The summed E-state index contributed by atoms with van der Waals surface area (Å²) in [7, 11) is 0. The molecule has 2 heterocycles. The van der Waals surface area contributed by atoms with Crippen molar-refractivity contribution in [3.63, 3.8) is 0 Å². The monoisotopic (exact) mass is 287 g/mol. The zero-order valence-corrected chi connectivity index (χ0v) is 11.9. The normalized spacial score (nSPS) is 41.4. The lowest BCUT2D eigenvalue weighted by Gasteiger charge is -2.36. The van der Waals surface area contributed by atoms with E-state index in [1.165, 1.54) is 0 Å². The van der Waals surface area contributed by atoms with Gasteiger partial charge in [0.05, 0.1) is 6.61 Å². The van der Waals surface area contributed by atoms with Crippen LogP contribution in [0.3, 0.4) is 0 Å². The van der Waals surface area contributed by atoms with Gasteiger partial charge in [-0.05, 0) is 18.9 Å². The maximum atomic E-state index is 14.4. The van der Waals surface area contributed by atoms with Crippen LogP contribution in [0.2, 0.25) is 0 Å². The van der Waals surface area contributed by atoms with E-state index in [0.717, 1.165) is 0 Å². The second kappa shape index (κ2) is 5.31. The molecule has 0 aromatic rings. The summed E-state index contributed by atoms with van der Waals surface area (Å²) < 4.78 is 20.2. The predicted molar refractivity (Wildman–Crippen MR) is 72.5 cm³/mol. The highest BCUT2D eigenvalue weighted by Crippen LogP contribution is 2.40. The molecule has 1 saturated heterocycles. The molecule has 20 heavy (non-hydrogen) atoms. The molecule has 0 radical (unpaired) electrons. The number of aliphatic imine (C=N–C) groups is 1. The van der Waals surface area contributed by atoms with Crippen LogP contribution in [-0.4, -0.2) is 57.8 Å². The Labute approximate surface area is 117 Å². The van der Waals surface area contributed by atoms with Crippen LogP contribution in [0.5, 0.6) is 0 Å². The third kappa shape index (κ3) is 2.19. The zero-order chi connectivity index (χ0) is 15.1. The van der Waals surface area contributed by atoms with Gasteiger partial charge in [0.1, 0.15) is 23.7 Å². The van der Waals surface area contributed by atoms with E-state index in [4.69, 9.17) is 10.5 Å². The first-order chi connectivity index (χ1) is 9.33. The van der Waals surface area contributed by atoms with Crippen molar-refractivity contribution in [1.82, 2.24) is 4.90 Å². The van der Waals surface area contributed by atoms with Crippen molar-refractivity contribution < 1.29 is 19.3 Å². The predicted octanol–water partition coefficient (Wildman–Crippen LogP) is -0.0387. The standard InChI is InChI=1S/C13H22FN3O3/c1-7(2)13(6-18)11(19)10(14)12(20-13)17-5-4-9(15)16-8(17)3/h4-5,7-8,10-12,18-19H,6H2,1-3H3,(H2,15,16)/t8?,10-,11+,12-,13+/m1/s1. The summed E-state index contributed by atoms with van der Waals surface area (Å²) in [6.07, 6.45) is -1.26. The Hall–Kier alpha value is -1.18. The molecule has 2 aliphatic rings. The quantitative estimate of drug-likeness (QED) is 0.677. The van der Waals surface area contributed by atoms with Crippen LogP contribution in [0.4, 0.5) is 4.39 Å². The van der Waals surface area contributed by atoms with Gasteiger partial charge in [-0.3, -0.25) is 0 Å². The van der Waals surface area contributed by atoms with E-state index in [2.05, 4.69) is 4.99 Å². The molecule has 6 nitrogen and oxygen atoms in total. The Bertz CT molecular complexity index is 429. The highest BCUT2D eigenvalue weighted by atomic mass is 19.1. The van der Waals surface area contributed by atoms with Crippen molar-refractivity contribution in [1.29, 1.82) is 0 Å². The summed E-state index contributed by atoms with van der Waals surface area (Å²) in [5, 5.41) is 19.7. The molecule has 2 aliphatic heterocycles. The van der Waals surface area contributed by atoms with Crippen molar-refractivity contribution >= 4 is 5.84 Å². The average molecular weight is 287 g/mol. The minimum atomic E-state index is -1.63. The summed E-state index contributed by atoms with van der Waals surface area (Å²) in [6, 6.07) is 0. The van der Waals surface area contributed by atoms with E-state index in [0.29, 0.717) is 5.84 Å². The molecule has 7 heteroatoms. The van der Waals surface area contributed by atoms with Gasteiger partial charge < -0.3 is 25.6 Å². The Balaban J connectivity index is 2.25. The van der Waals surface area contributed by atoms with Gasteiger partial charge in [-0.15, -0.1) is 0 Å². The van der Waals surface area contributed by atoms with Gasteiger partial charge in [-0.2, -0.15) is 0 Å². The molecule has 114 valence electrons. The van der Waals surface area contributed by atoms with E-state index in [9.17, 15) is 14.6 Å². The topological polar surface area (TPSA) is 91.3 Å². The van der Waals surface area contributed by atoms with Gasteiger partial charge in [0.15, 0.2) is 12.4 Å². The highest BCUT2D eigenvalue weighted by Gasteiger charge is 2.58. The fourth-order valence-corrected chi connectivity index (χ4v) is 2.71. The van der Waals surface area contributed by atoms with Gasteiger partial charge in [0.2, 0.25) is 0 Å². The van der Waals surface area contributed by atoms with Crippen LogP contribution in [0.25, 0.3) is 0 Å². The molecule has 1 fully saturated rings. The Morgan fingerprint density at radius 2 is 2.25 bits per heavy atom. The minimum absolute atomic E-state index is 0.233. The second-order valence-corrected chi connectivity index (χ2v) is 5.61. The number of nitrogens with zero attached hydrogens (tertiary/aromatic N) is 2. The number of aliphatic hydroxyl groups is 2. The van der Waals surface area contributed by atoms with E-state index in [1.807, 2.05) is 0 Å². The molecule has 1 unspecified atom stereocenters. The van der Waals surface area contributed by atoms with Crippen LogP contribution < -0.4 is 5.73 Å². The SMILES string of the molecule is CC1N=C(N)C=CN1[C@@H]1O[C@@](CO)(C(C)C)[C@@H](O)[C@H]1F. The Morgan fingerprint density at radius 3 is 2.70 bits per heavy atom. The summed E-state index contributed by atoms with van der Waals surface area (Å²) in [5.74, 6) is 0.128. The molecule has 2 rings (SSSR count). The van der Waals surface area contributed by atoms with Gasteiger partial charge in [-0.1, -0.05) is 13.8 Å². The van der Waals surface area contributed by atoms with E-state index in [1.54, 1.807) is 37.9 Å². The first kappa shape index (κ1) is 15.2. The molecule has 4 N–H and O–H groups in total. The number of hydrogen-bond donors (Lipinski definition) is 3.